The molecule has 2 aromatic rings. The molecule has 0 spiro atoms. The smallest absolute Gasteiger partial charge is 0.261 e. The minimum absolute atomic E-state index is 0.0466. The molecule has 0 saturated carbocycles. The Hall–Kier alpha value is -3.09. The lowest BCUT2D eigenvalue weighted by Crippen LogP contribution is -2.45. The predicted octanol–water partition coefficient (Wildman–Crippen LogP) is -0.562. The van der Waals surface area contributed by atoms with Gasteiger partial charge in [0.1, 0.15) is 5.56 Å². The zero-order chi connectivity index (χ0) is 15.9. The standard InChI is InChI=1S/C15H14N4O3/c16-15(21)13-4-2-6-19(9-13)11-14(20)10-18-5-1-3-12(8-18)7-17-22/h1-9H,10-11H2,(H-2,16,21,22)/p+2/b17-7-. The van der Waals surface area contributed by atoms with Crippen LogP contribution in [0.4, 0.5) is 0 Å². The van der Waals surface area contributed by atoms with Crippen LogP contribution < -0.4 is 14.9 Å². The number of Topliss-reactive ketones (excluding diaryl/α,β-unsaturated/α-hetero) is 1. The van der Waals surface area contributed by atoms with Crippen molar-refractivity contribution >= 4 is 17.9 Å². The van der Waals surface area contributed by atoms with Crippen molar-refractivity contribution in [2.45, 2.75) is 13.1 Å². The van der Waals surface area contributed by atoms with E-state index in [0.29, 0.717) is 11.1 Å². The van der Waals surface area contributed by atoms with Crippen LogP contribution in [-0.2, 0) is 17.9 Å². The summed E-state index contributed by atoms with van der Waals surface area (Å²) in [6.45, 7) is 0.299. The lowest BCUT2D eigenvalue weighted by atomic mass is 10.2. The first kappa shape index (κ1) is 15.3. The van der Waals surface area contributed by atoms with Gasteiger partial charge in [-0.3, -0.25) is 9.59 Å². The molecule has 0 atom stereocenters. The second kappa shape index (κ2) is 7.07. The molecule has 0 saturated heterocycles. The zero-order valence-electron chi connectivity index (χ0n) is 11.8. The van der Waals surface area contributed by atoms with Gasteiger partial charge < -0.3 is 10.9 Å². The lowest BCUT2D eigenvalue weighted by Gasteiger charge is -1.98. The fourth-order valence-corrected chi connectivity index (χ4v) is 2.01. The summed E-state index contributed by atoms with van der Waals surface area (Å²) in [5, 5.41) is 11.5. The fourth-order valence-electron chi connectivity index (χ4n) is 2.01. The molecule has 0 aromatic carbocycles. The fraction of sp³-hybridized carbons (Fsp3) is 0.133. The highest BCUT2D eigenvalue weighted by Crippen LogP contribution is 1.93. The minimum atomic E-state index is -0.535. The van der Waals surface area contributed by atoms with Crippen molar-refractivity contribution in [2.24, 2.45) is 10.9 Å². The Balaban J connectivity index is 2.05. The second-order valence-electron chi connectivity index (χ2n) is 4.72. The molecule has 22 heavy (non-hydrogen) atoms. The molecule has 3 N–H and O–H groups in total. The maximum Gasteiger partial charge on any atom is 0.261 e. The van der Waals surface area contributed by atoms with Crippen LogP contribution in [-0.4, -0.2) is 23.1 Å². The third-order valence-electron chi connectivity index (χ3n) is 2.95. The molecule has 7 nitrogen and oxygen atoms in total. The van der Waals surface area contributed by atoms with Crippen LogP contribution in [0.15, 0.2) is 54.2 Å². The van der Waals surface area contributed by atoms with Crippen LogP contribution >= 0.6 is 0 Å². The first-order valence-corrected chi connectivity index (χ1v) is 6.55. The summed E-state index contributed by atoms with van der Waals surface area (Å²) < 4.78 is 3.31. The minimum Gasteiger partial charge on any atom is -0.411 e. The summed E-state index contributed by atoms with van der Waals surface area (Å²) in [6.07, 6.45) is 7.97. The summed E-state index contributed by atoms with van der Waals surface area (Å²) in [5.74, 6) is -0.582. The van der Waals surface area contributed by atoms with Gasteiger partial charge in [0.15, 0.2) is 24.8 Å². The Kier molecular flexibility index (Phi) is 4.92. The lowest BCUT2D eigenvalue weighted by molar-refractivity contribution is -0.702. The number of nitrogens with zero attached hydrogens (tertiary/aromatic N) is 3. The summed E-state index contributed by atoms with van der Waals surface area (Å²) in [4.78, 5) is 23.2. The molecule has 2 aromatic heterocycles. The highest BCUT2D eigenvalue weighted by atomic mass is 16.4. The maximum absolute atomic E-state index is 12.1. The van der Waals surface area contributed by atoms with Gasteiger partial charge in [0.05, 0.1) is 11.8 Å². The molecule has 0 aliphatic rings. The van der Waals surface area contributed by atoms with Crippen LogP contribution in [0.3, 0.4) is 0 Å². The first-order valence-electron chi connectivity index (χ1n) is 6.55. The van der Waals surface area contributed by atoms with E-state index in [9.17, 15) is 9.59 Å². The van der Waals surface area contributed by atoms with E-state index in [2.05, 4.69) is 5.16 Å². The van der Waals surface area contributed by atoms with E-state index in [-0.39, 0.29) is 18.9 Å². The number of primary amides is 1. The molecule has 0 unspecified atom stereocenters. The van der Waals surface area contributed by atoms with Crippen LogP contribution in [0.1, 0.15) is 15.9 Å². The summed E-state index contributed by atoms with van der Waals surface area (Å²) >= 11 is 0. The van der Waals surface area contributed by atoms with Gasteiger partial charge in [0.25, 0.3) is 11.7 Å². The quantitative estimate of drug-likeness (QED) is 0.323. The van der Waals surface area contributed by atoms with Crippen LogP contribution in [0.25, 0.3) is 0 Å². The van der Waals surface area contributed by atoms with Gasteiger partial charge in [0, 0.05) is 12.1 Å². The van der Waals surface area contributed by atoms with Gasteiger partial charge in [0.2, 0.25) is 13.1 Å². The van der Waals surface area contributed by atoms with Crippen molar-refractivity contribution in [1.29, 1.82) is 0 Å². The van der Waals surface area contributed by atoms with Gasteiger partial charge in [-0.1, -0.05) is 5.16 Å². The van der Waals surface area contributed by atoms with E-state index >= 15 is 0 Å². The Morgan fingerprint density at radius 1 is 1.14 bits per heavy atom. The third kappa shape index (κ3) is 4.20. The van der Waals surface area contributed by atoms with Gasteiger partial charge >= 0.3 is 0 Å². The largest absolute Gasteiger partial charge is 0.411 e. The third-order valence-corrected chi connectivity index (χ3v) is 2.95. The number of rotatable bonds is 6. The highest BCUT2D eigenvalue weighted by Gasteiger charge is 2.16. The monoisotopic (exact) mass is 300 g/mol. The molecule has 2 heterocycles. The van der Waals surface area contributed by atoms with E-state index < -0.39 is 5.91 Å². The maximum atomic E-state index is 12.1. The van der Waals surface area contributed by atoms with Crippen molar-refractivity contribution < 1.29 is 23.9 Å². The summed E-state index contributed by atoms with van der Waals surface area (Å²) in [6, 6.07) is 6.77. The first-order chi connectivity index (χ1) is 10.6. The molecule has 0 radical (unpaired) electrons. The number of aromatic nitrogens is 2. The molecule has 0 aliphatic heterocycles. The van der Waals surface area contributed by atoms with Crippen molar-refractivity contribution in [1.82, 2.24) is 0 Å². The van der Waals surface area contributed by atoms with Gasteiger partial charge in [-0.15, -0.1) is 0 Å². The number of oxime groups is 1. The Labute approximate surface area is 126 Å². The SMILES string of the molecule is NC(=O)c1ccc[n+](CC(=O)C[n+]2cccc(/C=N\O)c2)c1. The van der Waals surface area contributed by atoms with E-state index in [4.69, 9.17) is 10.9 Å². The highest BCUT2D eigenvalue weighted by molar-refractivity contribution is 5.92. The van der Waals surface area contributed by atoms with Crippen molar-refractivity contribution in [2.75, 3.05) is 0 Å². The molecular formula is C15H16N4O3+2. The molecule has 2 rings (SSSR count). The average Bonchev–Trinajstić information content (AvgIpc) is 2.48. The van der Waals surface area contributed by atoms with Crippen molar-refractivity contribution in [3.63, 3.8) is 0 Å². The van der Waals surface area contributed by atoms with Crippen LogP contribution in [0.5, 0.6) is 0 Å². The predicted molar refractivity (Wildman–Crippen MR) is 76.2 cm³/mol. The summed E-state index contributed by atoms with van der Waals surface area (Å²) in [5.41, 5.74) is 6.24. The van der Waals surface area contributed by atoms with E-state index in [1.165, 1.54) is 6.21 Å². The van der Waals surface area contributed by atoms with Gasteiger partial charge in [-0.25, -0.2) is 0 Å². The number of hydrogen-bond donors (Lipinski definition) is 2. The van der Waals surface area contributed by atoms with Crippen molar-refractivity contribution in [3.05, 3.63) is 60.2 Å². The molecule has 0 aliphatic carbocycles. The Morgan fingerprint density at radius 3 is 2.41 bits per heavy atom. The van der Waals surface area contributed by atoms with Gasteiger partial charge in [-0.05, 0) is 12.1 Å². The molecule has 112 valence electrons. The molecule has 0 fully saturated rings. The molecular weight excluding hydrogens is 284 g/mol. The number of carbonyl (C=O) groups is 2. The van der Waals surface area contributed by atoms with E-state index in [1.807, 2.05) is 0 Å². The topological polar surface area (TPSA) is 101 Å². The molecule has 7 heteroatoms. The number of pyridine rings is 2. The normalized spacial score (nSPS) is 10.7. The number of amides is 1. The number of nitrogens with two attached hydrogens (primary N) is 1. The molecule has 0 bridgehead atoms. The van der Waals surface area contributed by atoms with E-state index in [0.717, 1.165) is 0 Å². The van der Waals surface area contributed by atoms with Gasteiger partial charge in [-0.2, -0.15) is 9.13 Å². The summed E-state index contributed by atoms with van der Waals surface area (Å²) in [7, 11) is 0. The zero-order valence-corrected chi connectivity index (χ0v) is 11.8. The Morgan fingerprint density at radius 2 is 1.77 bits per heavy atom. The van der Waals surface area contributed by atoms with E-state index in [1.54, 1.807) is 58.2 Å². The second-order valence-corrected chi connectivity index (χ2v) is 4.72. The van der Waals surface area contributed by atoms with Crippen molar-refractivity contribution in [3.8, 4) is 0 Å². The number of carbonyl (C=O) groups excluding carboxylic acids is 2. The van der Waals surface area contributed by atoms with Crippen LogP contribution in [0.2, 0.25) is 0 Å². The average molecular weight is 300 g/mol. The molecule has 1 amide bonds. The van der Waals surface area contributed by atoms with Crippen LogP contribution in [0, 0.1) is 0 Å². The number of hydrogen-bond acceptors (Lipinski definition) is 4. The number of ketones is 1. The Bertz CT molecular complexity index is 728.